The SMILES string of the molecule is CC(=O)OCC1=C(C(=O)O)N2C(=O)[C@@H](NC(=O)C(c3ccccc3)n3ccc(=O)[nH]c3=O)[C@H]2SC1. The van der Waals surface area contributed by atoms with E-state index < -0.39 is 52.5 Å². The van der Waals surface area contributed by atoms with Crippen molar-refractivity contribution < 1.29 is 29.0 Å². The fraction of sp³-hybridized carbons (Fsp3) is 0.273. The molecule has 0 radical (unpaired) electrons. The van der Waals surface area contributed by atoms with Crippen LogP contribution in [0, 0.1) is 0 Å². The van der Waals surface area contributed by atoms with Gasteiger partial charge in [0.05, 0.1) is 0 Å². The average Bonchev–Trinajstić information content (AvgIpc) is 2.82. The molecule has 2 aromatic rings. The molecule has 35 heavy (non-hydrogen) atoms. The van der Waals surface area contributed by atoms with Crippen LogP contribution in [-0.2, 0) is 23.9 Å². The number of aromatic nitrogens is 2. The van der Waals surface area contributed by atoms with Crippen molar-refractivity contribution in [3.63, 3.8) is 0 Å². The van der Waals surface area contributed by atoms with E-state index in [1.165, 1.54) is 24.9 Å². The second-order valence-corrected chi connectivity index (χ2v) is 8.87. The number of aliphatic carboxylic acids is 1. The van der Waals surface area contributed by atoms with Crippen LogP contribution in [0.3, 0.4) is 0 Å². The molecule has 1 unspecified atom stereocenters. The monoisotopic (exact) mass is 500 g/mol. The molecule has 0 bridgehead atoms. The minimum Gasteiger partial charge on any atom is -0.477 e. The molecular formula is C22H20N4O8S. The first-order valence-corrected chi connectivity index (χ1v) is 11.4. The van der Waals surface area contributed by atoms with Gasteiger partial charge in [-0.15, -0.1) is 11.8 Å². The van der Waals surface area contributed by atoms with Gasteiger partial charge in [0.15, 0.2) is 0 Å². The van der Waals surface area contributed by atoms with Crippen molar-refractivity contribution in [3.05, 3.63) is 80.3 Å². The van der Waals surface area contributed by atoms with Crippen LogP contribution in [-0.4, -0.2) is 67.1 Å². The molecule has 182 valence electrons. The molecule has 1 saturated heterocycles. The number of esters is 1. The molecule has 0 saturated carbocycles. The number of benzene rings is 1. The van der Waals surface area contributed by atoms with Crippen molar-refractivity contribution in [2.75, 3.05) is 12.4 Å². The van der Waals surface area contributed by atoms with Gasteiger partial charge in [0.1, 0.15) is 29.8 Å². The average molecular weight is 500 g/mol. The minimum absolute atomic E-state index is 0.178. The van der Waals surface area contributed by atoms with Crippen LogP contribution >= 0.6 is 11.8 Å². The third-order valence-electron chi connectivity index (χ3n) is 5.49. The molecule has 0 spiro atoms. The van der Waals surface area contributed by atoms with Gasteiger partial charge in [0, 0.05) is 30.5 Å². The zero-order valence-corrected chi connectivity index (χ0v) is 19.1. The van der Waals surface area contributed by atoms with E-state index in [1.807, 2.05) is 0 Å². The van der Waals surface area contributed by atoms with Crippen molar-refractivity contribution in [1.82, 2.24) is 19.8 Å². The van der Waals surface area contributed by atoms with E-state index in [2.05, 4.69) is 10.3 Å². The van der Waals surface area contributed by atoms with Crippen molar-refractivity contribution in [3.8, 4) is 0 Å². The van der Waals surface area contributed by atoms with E-state index in [-0.39, 0.29) is 23.6 Å². The second kappa shape index (κ2) is 9.62. The molecule has 3 heterocycles. The normalized spacial score (nSPS) is 19.9. The van der Waals surface area contributed by atoms with Crippen LogP contribution in [0.15, 0.2) is 63.5 Å². The summed E-state index contributed by atoms with van der Waals surface area (Å²) in [4.78, 5) is 76.3. The Hall–Kier alpha value is -4.13. The zero-order valence-electron chi connectivity index (χ0n) is 18.3. The second-order valence-electron chi connectivity index (χ2n) is 7.76. The number of fused-ring (bicyclic) bond motifs is 1. The highest BCUT2D eigenvalue weighted by Crippen LogP contribution is 2.40. The maximum atomic E-state index is 13.3. The number of carboxylic acids is 1. The van der Waals surface area contributed by atoms with Gasteiger partial charge in [0.2, 0.25) is 5.91 Å². The van der Waals surface area contributed by atoms with Crippen LogP contribution in [0.25, 0.3) is 0 Å². The number of nitrogens with zero attached hydrogens (tertiary/aromatic N) is 2. The van der Waals surface area contributed by atoms with Crippen molar-refractivity contribution >= 4 is 35.5 Å². The van der Waals surface area contributed by atoms with Gasteiger partial charge in [-0.2, -0.15) is 0 Å². The first-order chi connectivity index (χ1) is 16.7. The number of carbonyl (C=O) groups excluding carboxylic acids is 3. The number of carbonyl (C=O) groups is 4. The third-order valence-corrected chi connectivity index (χ3v) is 6.83. The number of H-pyrrole nitrogens is 1. The Bertz CT molecular complexity index is 1350. The van der Waals surface area contributed by atoms with Gasteiger partial charge in [0.25, 0.3) is 11.5 Å². The van der Waals surface area contributed by atoms with Gasteiger partial charge in [-0.05, 0) is 5.56 Å². The Kier molecular flexibility index (Phi) is 6.60. The van der Waals surface area contributed by atoms with Gasteiger partial charge >= 0.3 is 17.6 Å². The summed E-state index contributed by atoms with van der Waals surface area (Å²) in [6.07, 6.45) is 1.19. The van der Waals surface area contributed by atoms with E-state index in [4.69, 9.17) is 4.74 Å². The fourth-order valence-corrected chi connectivity index (χ4v) is 5.25. The summed E-state index contributed by atoms with van der Waals surface area (Å²) < 4.78 is 5.95. The predicted molar refractivity (Wildman–Crippen MR) is 122 cm³/mol. The molecule has 2 aliphatic rings. The highest BCUT2D eigenvalue weighted by atomic mass is 32.2. The van der Waals surface area contributed by atoms with Crippen molar-refractivity contribution in [2.45, 2.75) is 24.4 Å². The van der Waals surface area contributed by atoms with E-state index in [1.54, 1.807) is 30.3 Å². The Morgan fingerprint density at radius 1 is 1.20 bits per heavy atom. The number of ether oxygens (including phenoxy) is 1. The lowest BCUT2D eigenvalue weighted by Gasteiger charge is -2.49. The molecule has 1 aromatic carbocycles. The summed E-state index contributed by atoms with van der Waals surface area (Å²) in [5.41, 5.74) is -0.995. The molecule has 3 N–H and O–H groups in total. The summed E-state index contributed by atoms with van der Waals surface area (Å²) in [5.74, 6) is -3.09. The van der Waals surface area contributed by atoms with Crippen molar-refractivity contribution in [2.24, 2.45) is 0 Å². The molecule has 12 nitrogen and oxygen atoms in total. The molecule has 13 heteroatoms. The number of hydrogen-bond acceptors (Lipinski definition) is 8. The lowest BCUT2D eigenvalue weighted by Crippen LogP contribution is -2.71. The molecule has 1 aromatic heterocycles. The number of β-lactam (4-membered cyclic amide) rings is 1. The first kappa shape index (κ1) is 24.0. The standard InChI is InChI=1S/C22H20N4O8S/c1-11(27)34-9-13-10-35-20-15(19(30)26(20)17(13)21(31)32)24-18(29)16(12-5-3-2-4-6-12)25-8-7-14(28)23-22(25)33/h2-8,15-16,20H,9-10H2,1H3,(H,24,29)(H,31,32)(H,23,28,33)/t15-,16?,20-/m1/s1. The van der Waals surface area contributed by atoms with Crippen LogP contribution in [0.5, 0.6) is 0 Å². The van der Waals surface area contributed by atoms with E-state index in [0.29, 0.717) is 5.56 Å². The maximum Gasteiger partial charge on any atom is 0.352 e. The van der Waals surface area contributed by atoms with E-state index >= 15 is 0 Å². The molecular weight excluding hydrogens is 480 g/mol. The lowest BCUT2D eigenvalue weighted by molar-refractivity contribution is -0.151. The van der Waals surface area contributed by atoms with Gasteiger partial charge < -0.3 is 15.2 Å². The van der Waals surface area contributed by atoms with E-state index in [9.17, 15) is 33.9 Å². The summed E-state index contributed by atoms with van der Waals surface area (Å²) in [6, 6.07) is 7.20. The highest BCUT2D eigenvalue weighted by Gasteiger charge is 2.54. The van der Waals surface area contributed by atoms with Gasteiger partial charge in [-0.25, -0.2) is 9.59 Å². The zero-order chi connectivity index (χ0) is 25.3. The van der Waals surface area contributed by atoms with Crippen LogP contribution in [0.2, 0.25) is 0 Å². The smallest absolute Gasteiger partial charge is 0.352 e. The number of nitrogens with one attached hydrogen (secondary N) is 2. The topological polar surface area (TPSA) is 168 Å². The Labute approximate surface area is 201 Å². The number of carboxylic acid groups (broad SMARTS) is 1. The Morgan fingerprint density at radius 3 is 2.54 bits per heavy atom. The quantitative estimate of drug-likeness (QED) is 0.333. The van der Waals surface area contributed by atoms with Crippen LogP contribution < -0.4 is 16.6 Å². The molecule has 1 fully saturated rings. The Balaban J connectivity index is 1.60. The number of hydrogen-bond donors (Lipinski definition) is 3. The van der Waals surface area contributed by atoms with Crippen LogP contribution in [0.1, 0.15) is 18.5 Å². The Morgan fingerprint density at radius 2 is 1.91 bits per heavy atom. The third kappa shape index (κ3) is 4.62. The number of rotatable bonds is 7. The number of amides is 2. The van der Waals surface area contributed by atoms with Crippen molar-refractivity contribution in [1.29, 1.82) is 0 Å². The fourth-order valence-electron chi connectivity index (χ4n) is 3.92. The van der Waals surface area contributed by atoms with Gasteiger partial charge in [-0.3, -0.25) is 33.6 Å². The molecule has 3 atom stereocenters. The number of aromatic amines is 1. The lowest BCUT2D eigenvalue weighted by atomic mass is 10.0. The first-order valence-electron chi connectivity index (χ1n) is 10.4. The summed E-state index contributed by atoms with van der Waals surface area (Å²) in [5, 5.41) is 11.6. The summed E-state index contributed by atoms with van der Waals surface area (Å²) >= 11 is 1.22. The minimum atomic E-state index is -1.35. The predicted octanol–water partition coefficient (Wildman–Crippen LogP) is -0.572. The summed E-state index contributed by atoms with van der Waals surface area (Å²) in [6.45, 7) is 0.930. The number of thioether (sulfide) groups is 1. The summed E-state index contributed by atoms with van der Waals surface area (Å²) in [7, 11) is 0. The highest BCUT2D eigenvalue weighted by molar-refractivity contribution is 8.00. The molecule has 0 aliphatic carbocycles. The van der Waals surface area contributed by atoms with Gasteiger partial charge in [-0.1, -0.05) is 30.3 Å². The largest absolute Gasteiger partial charge is 0.477 e. The molecule has 2 amide bonds. The van der Waals surface area contributed by atoms with E-state index in [0.717, 1.165) is 15.5 Å². The molecule has 2 aliphatic heterocycles. The maximum absolute atomic E-state index is 13.3. The molecule has 4 rings (SSSR count). The van der Waals surface area contributed by atoms with Crippen LogP contribution in [0.4, 0.5) is 0 Å².